The largest absolute Gasteiger partial charge is 0.379 e. The summed E-state index contributed by atoms with van der Waals surface area (Å²) in [7, 11) is 2.10. The predicted molar refractivity (Wildman–Crippen MR) is 109 cm³/mol. The maximum absolute atomic E-state index is 5.73. The first-order valence-electron chi connectivity index (χ1n) is 9.63. The molecule has 0 saturated carbocycles. The van der Waals surface area contributed by atoms with Gasteiger partial charge >= 0.3 is 0 Å². The number of hydrogen-bond donors (Lipinski definition) is 1. The van der Waals surface area contributed by atoms with Crippen LogP contribution in [0.25, 0.3) is 0 Å². The molecule has 0 spiro atoms. The zero-order chi connectivity index (χ0) is 18.6. The number of hydrogen-bond acceptors (Lipinski definition) is 4. The second kappa shape index (κ2) is 8.37. The smallest absolute Gasteiger partial charge is 0.170 e. The van der Waals surface area contributed by atoms with Gasteiger partial charge in [0.2, 0.25) is 0 Å². The minimum atomic E-state index is 0.0655. The Hall–Kier alpha value is -1.96. The summed E-state index contributed by atoms with van der Waals surface area (Å²) < 4.78 is 7.63. The first-order chi connectivity index (χ1) is 13.2. The number of nitrogens with one attached hydrogen (secondary N) is 1. The van der Waals surface area contributed by atoms with Crippen molar-refractivity contribution in [1.82, 2.24) is 24.7 Å². The fourth-order valence-corrected chi connectivity index (χ4v) is 4.37. The van der Waals surface area contributed by atoms with E-state index in [9.17, 15) is 0 Å². The highest BCUT2D eigenvalue weighted by atomic mass is 32.1. The van der Waals surface area contributed by atoms with Crippen LogP contribution in [0, 0.1) is 0 Å². The van der Waals surface area contributed by atoms with Gasteiger partial charge in [0, 0.05) is 51.3 Å². The Labute approximate surface area is 166 Å². The van der Waals surface area contributed by atoms with Gasteiger partial charge in [0.1, 0.15) is 0 Å². The number of aromatic nitrogens is 2. The number of ether oxygens (including phenoxy) is 1. The molecule has 1 N–H and O–H groups in total. The number of nitrogens with zero attached hydrogens (tertiary/aromatic N) is 4. The summed E-state index contributed by atoms with van der Waals surface area (Å²) in [6, 6.07) is 10.6. The maximum atomic E-state index is 5.73. The lowest BCUT2D eigenvalue weighted by atomic mass is 10.0. The Morgan fingerprint density at radius 1 is 1.19 bits per heavy atom. The molecule has 4 heterocycles. The Kier molecular flexibility index (Phi) is 5.71. The molecule has 0 amide bonds. The van der Waals surface area contributed by atoms with Gasteiger partial charge in [-0.3, -0.25) is 9.88 Å². The molecule has 2 aliphatic rings. The van der Waals surface area contributed by atoms with Crippen LogP contribution in [0.1, 0.15) is 29.9 Å². The van der Waals surface area contributed by atoms with Gasteiger partial charge in [-0.1, -0.05) is 6.07 Å². The van der Waals surface area contributed by atoms with Crippen molar-refractivity contribution in [2.45, 2.75) is 18.5 Å². The highest BCUT2D eigenvalue weighted by molar-refractivity contribution is 7.80. The quantitative estimate of drug-likeness (QED) is 0.769. The summed E-state index contributed by atoms with van der Waals surface area (Å²) in [6.45, 7) is 5.76. The summed E-state index contributed by atoms with van der Waals surface area (Å²) in [5.74, 6) is 0. The molecular weight excluding hydrogens is 358 g/mol. The third-order valence-electron chi connectivity index (χ3n) is 5.46. The molecule has 2 aliphatic heterocycles. The maximum Gasteiger partial charge on any atom is 0.170 e. The summed E-state index contributed by atoms with van der Waals surface area (Å²) in [4.78, 5) is 9.41. The fourth-order valence-electron chi connectivity index (χ4n) is 4.04. The van der Waals surface area contributed by atoms with E-state index < -0.39 is 0 Å². The molecule has 0 aromatic carbocycles. The Bertz CT molecular complexity index is 759. The van der Waals surface area contributed by atoms with Crippen LogP contribution in [0.2, 0.25) is 0 Å². The van der Waals surface area contributed by atoms with Crippen LogP contribution in [-0.4, -0.2) is 63.9 Å². The normalized spacial score (nSPS) is 23.6. The number of rotatable bonds is 6. The summed E-state index contributed by atoms with van der Waals surface area (Å²) in [6.07, 6.45) is 5.03. The van der Waals surface area contributed by atoms with Crippen LogP contribution >= 0.6 is 12.2 Å². The zero-order valence-corrected chi connectivity index (χ0v) is 16.6. The molecule has 0 unspecified atom stereocenters. The van der Waals surface area contributed by atoms with Crippen LogP contribution < -0.4 is 5.32 Å². The van der Waals surface area contributed by atoms with Crippen LogP contribution in [0.5, 0.6) is 0 Å². The Balaban J connectivity index is 1.51. The molecule has 2 fully saturated rings. The first-order valence-corrected chi connectivity index (χ1v) is 10.0. The highest BCUT2D eigenvalue weighted by Crippen LogP contribution is 2.38. The molecule has 27 heavy (non-hydrogen) atoms. The minimum absolute atomic E-state index is 0.0655. The zero-order valence-electron chi connectivity index (χ0n) is 15.8. The Morgan fingerprint density at radius 2 is 2.04 bits per heavy atom. The third-order valence-corrected chi connectivity index (χ3v) is 5.81. The lowest BCUT2D eigenvalue weighted by molar-refractivity contribution is 0.0365. The molecule has 0 bridgehead atoms. The van der Waals surface area contributed by atoms with E-state index in [1.807, 2.05) is 18.3 Å². The van der Waals surface area contributed by atoms with E-state index in [0.29, 0.717) is 0 Å². The number of pyridine rings is 1. The number of thiocarbonyl (C=S) groups is 1. The van der Waals surface area contributed by atoms with Crippen molar-refractivity contribution in [2.75, 3.05) is 39.4 Å². The van der Waals surface area contributed by atoms with Gasteiger partial charge in [0.15, 0.2) is 5.11 Å². The molecular formula is C20H27N5OS. The van der Waals surface area contributed by atoms with Crippen molar-refractivity contribution in [3.8, 4) is 0 Å². The molecule has 6 nitrogen and oxygen atoms in total. The van der Waals surface area contributed by atoms with Gasteiger partial charge in [-0.25, -0.2) is 0 Å². The molecule has 0 radical (unpaired) electrons. The van der Waals surface area contributed by atoms with Gasteiger partial charge < -0.3 is 19.5 Å². The highest BCUT2D eigenvalue weighted by Gasteiger charge is 2.40. The summed E-state index contributed by atoms with van der Waals surface area (Å²) >= 11 is 5.73. The fraction of sp³-hybridized carbons (Fsp3) is 0.500. The van der Waals surface area contributed by atoms with E-state index in [0.717, 1.165) is 56.6 Å². The average molecular weight is 386 g/mol. The van der Waals surface area contributed by atoms with E-state index in [1.54, 1.807) is 0 Å². The lowest BCUT2D eigenvalue weighted by Crippen LogP contribution is -2.39. The molecule has 7 heteroatoms. The summed E-state index contributed by atoms with van der Waals surface area (Å²) in [5, 5.41) is 4.34. The second-order valence-corrected chi connectivity index (χ2v) is 7.56. The topological polar surface area (TPSA) is 45.6 Å². The van der Waals surface area contributed by atoms with Crippen molar-refractivity contribution in [3.63, 3.8) is 0 Å². The molecule has 2 aromatic heterocycles. The van der Waals surface area contributed by atoms with Gasteiger partial charge in [-0.2, -0.15) is 0 Å². The standard InChI is InChI=1S/C20H27N5OS/c1-23-9-4-7-17(23)19-18(16-6-2-3-8-21-16)22-20(27)25(19)11-5-10-24-12-14-26-15-13-24/h2-4,6-9,18-19H,5,10-15H2,1H3,(H,22,27)/t18-,19+/m1/s1. The van der Waals surface area contributed by atoms with E-state index in [4.69, 9.17) is 17.0 Å². The van der Waals surface area contributed by atoms with Crippen molar-refractivity contribution in [1.29, 1.82) is 0 Å². The van der Waals surface area contributed by atoms with Gasteiger partial charge in [-0.05, 0) is 42.9 Å². The third kappa shape index (κ3) is 4.00. The first kappa shape index (κ1) is 18.4. The van der Waals surface area contributed by atoms with Crippen LogP contribution in [0.4, 0.5) is 0 Å². The van der Waals surface area contributed by atoms with Crippen molar-refractivity contribution in [3.05, 3.63) is 54.1 Å². The van der Waals surface area contributed by atoms with Crippen LogP contribution in [0.15, 0.2) is 42.7 Å². The molecule has 2 aromatic rings. The molecule has 2 atom stereocenters. The number of morpholine rings is 1. The van der Waals surface area contributed by atoms with E-state index >= 15 is 0 Å². The number of aryl methyl sites for hydroxylation is 1. The SMILES string of the molecule is Cn1cccc1[C@H]1[C@@H](c2ccccn2)NC(=S)N1CCCN1CCOCC1. The predicted octanol–water partition coefficient (Wildman–Crippen LogP) is 2.11. The van der Waals surface area contributed by atoms with Crippen LogP contribution in [0.3, 0.4) is 0 Å². The molecule has 144 valence electrons. The second-order valence-electron chi connectivity index (χ2n) is 7.17. The van der Waals surface area contributed by atoms with E-state index in [-0.39, 0.29) is 12.1 Å². The molecule has 0 aliphatic carbocycles. The van der Waals surface area contributed by atoms with Gasteiger partial charge in [0.05, 0.1) is 31.0 Å². The minimum Gasteiger partial charge on any atom is -0.379 e. The van der Waals surface area contributed by atoms with Gasteiger partial charge in [-0.15, -0.1) is 0 Å². The lowest BCUT2D eigenvalue weighted by Gasteiger charge is -2.30. The van der Waals surface area contributed by atoms with Crippen molar-refractivity contribution < 1.29 is 4.74 Å². The monoisotopic (exact) mass is 385 g/mol. The molecule has 4 rings (SSSR count). The van der Waals surface area contributed by atoms with E-state index in [2.05, 4.69) is 56.1 Å². The van der Waals surface area contributed by atoms with Crippen molar-refractivity contribution >= 4 is 17.3 Å². The average Bonchev–Trinajstić information content (AvgIpc) is 3.26. The Morgan fingerprint density at radius 3 is 2.74 bits per heavy atom. The van der Waals surface area contributed by atoms with Gasteiger partial charge in [0.25, 0.3) is 0 Å². The molecule has 2 saturated heterocycles. The van der Waals surface area contributed by atoms with E-state index in [1.165, 1.54) is 5.69 Å². The van der Waals surface area contributed by atoms with Crippen LogP contribution in [-0.2, 0) is 11.8 Å². The van der Waals surface area contributed by atoms with Crippen molar-refractivity contribution in [2.24, 2.45) is 7.05 Å². The summed E-state index contributed by atoms with van der Waals surface area (Å²) in [5.41, 5.74) is 2.28.